The van der Waals surface area contributed by atoms with Crippen LogP contribution >= 0.6 is 0 Å². The third-order valence-corrected chi connectivity index (χ3v) is 1.95. The highest BCUT2D eigenvalue weighted by Gasteiger charge is 2.19. The lowest BCUT2D eigenvalue weighted by molar-refractivity contribution is 0.572. The van der Waals surface area contributed by atoms with E-state index < -0.39 is 0 Å². The van der Waals surface area contributed by atoms with Gasteiger partial charge in [0.1, 0.15) is 17.4 Å². The minimum atomic E-state index is 0.0216. The molecular weight excluding hydrogens is 164 g/mol. The fraction of sp³-hybridized carbons (Fsp3) is 0.444. The molecule has 0 bridgehead atoms. The molecule has 0 radical (unpaired) electrons. The summed E-state index contributed by atoms with van der Waals surface area (Å²) in [4.78, 5) is 8.38. The van der Waals surface area contributed by atoms with E-state index in [-0.39, 0.29) is 5.41 Å². The molecule has 2 aromatic heterocycles. The second-order valence-corrected chi connectivity index (χ2v) is 4.10. The largest absolute Gasteiger partial charge is 0.274 e. The molecule has 0 amide bonds. The molecule has 2 aromatic rings. The molecule has 0 atom stereocenters. The smallest absolute Gasteiger partial charge is 0.116 e. The van der Waals surface area contributed by atoms with Gasteiger partial charge in [0.2, 0.25) is 0 Å². The highest BCUT2D eigenvalue weighted by Crippen LogP contribution is 2.24. The minimum Gasteiger partial charge on any atom is -0.274 e. The fourth-order valence-corrected chi connectivity index (χ4v) is 1.33. The molecule has 0 aliphatic carbocycles. The molecule has 2 rings (SSSR count). The molecule has 0 spiro atoms. The first-order valence-corrected chi connectivity index (χ1v) is 4.23. The summed E-state index contributed by atoms with van der Waals surface area (Å²) in [6.45, 7) is 6.36. The van der Waals surface area contributed by atoms with Crippen LogP contribution in [-0.4, -0.2) is 20.2 Å². The molecule has 0 saturated heterocycles. The normalized spacial score (nSPS) is 12.2. The van der Waals surface area contributed by atoms with E-state index in [1.54, 1.807) is 12.5 Å². The number of aromatic amines is 1. The minimum absolute atomic E-state index is 0.0216. The third-order valence-electron chi connectivity index (χ3n) is 1.95. The topological polar surface area (TPSA) is 54.5 Å². The van der Waals surface area contributed by atoms with Crippen molar-refractivity contribution < 1.29 is 0 Å². The number of nitrogens with one attached hydrogen (secondary N) is 1. The fourth-order valence-electron chi connectivity index (χ4n) is 1.33. The van der Waals surface area contributed by atoms with E-state index in [4.69, 9.17) is 0 Å². The van der Waals surface area contributed by atoms with Crippen LogP contribution in [0.5, 0.6) is 0 Å². The molecule has 4 nitrogen and oxygen atoms in total. The molecule has 0 aliphatic heterocycles. The Bertz CT molecular complexity index is 424. The van der Waals surface area contributed by atoms with E-state index >= 15 is 0 Å². The van der Waals surface area contributed by atoms with Crippen LogP contribution in [0.2, 0.25) is 0 Å². The Hall–Kier alpha value is -1.45. The Morgan fingerprint density at radius 2 is 2.00 bits per heavy atom. The van der Waals surface area contributed by atoms with Crippen LogP contribution in [0.15, 0.2) is 12.5 Å². The molecule has 0 saturated carbocycles. The van der Waals surface area contributed by atoms with Crippen LogP contribution in [0.25, 0.3) is 11.0 Å². The lowest BCUT2D eigenvalue weighted by Crippen LogP contribution is -2.14. The summed E-state index contributed by atoms with van der Waals surface area (Å²) < 4.78 is 0. The predicted molar refractivity (Wildman–Crippen MR) is 50.4 cm³/mol. The molecule has 2 heterocycles. The van der Waals surface area contributed by atoms with Crippen LogP contribution < -0.4 is 0 Å². The number of H-pyrrole nitrogens is 1. The van der Waals surface area contributed by atoms with Crippen molar-refractivity contribution in [2.75, 3.05) is 0 Å². The summed E-state index contributed by atoms with van der Waals surface area (Å²) in [6, 6.07) is 0. The molecule has 0 aliphatic rings. The maximum absolute atomic E-state index is 4.27. The van der Waals surface area contributed by atoms with Gasteiger partial charge in [0, 0.05) is 5.41 Å². The van der Waals surface area contributed by atoms with E-state index in [0.717, 1.165) is 16.7 Å². The molecule has 13 heavy (non-hydrogen) atoms. The average Bonchev–Trinajstić information content (AvgIpc) is 2.48. The van der Waals surface area contributed by atoms with Gasteiger partial charge in [-0.3, -0.25) is 5.10 Å². The van der Waals surface area contributed by atoms with Crippen molar-refractivity contribution in [1.82, 2.24) is 20.2 Å². The van der Waals surface area contributed by atoms with Crippen LogP contribution in [0.1, 0.15) is 26.5 Å². The molecule has 0 unspecified atom stereocenters. The monoisotopic (exact) mass is 176 g/mol. The van der Waals surface area contributed by atoms with E-state index in [2.05, 4.69) is 40.9 Å². The molecule has 4 heteroatoms. The first-order valence-electron chi connectivity index (χ1n) is 4.23. The number of hydrogen-bond donors (Lipinski definition) is 1. The molecule has 68 valence electrons. The maximum Gasteiger partial charge on any atom is 0.116 e. The Morgan fingerprint density at radius 3 is 2.69 bits per heavy atom. The number of aromatic nitrogens is 4. The Morgan fingerprint density at radius 1 is 1.23 bits per heavy atom. The van der Waals surface area contributed by atoms with E-state index in [9.17, 15) is 0 Å². The highest BCUT2D eigenvalue weighted by atomic mass is 15.1. The van der Waals surface area contributed by atoms with Crippen LogP contribution in [-0.2, 0) is 5.41 Å². The van der Waals surface area contributed by atoms with Gasteiger partial charge < -0.3 is 0 Å². The zero-order valence-corrected chi connectivity index (χ0v) is 8.00. The summed E-state index contributed by atoms with van der Waals surface area (Å²) in [5.41, 5.74) is 2.85. The standard InChI is InChI=1S/C9H12N4/c1-9(2,3)8-7-6(4-12-13-7)10-5-11-8/h4-5H,1-3H3,(H,12,13). The number of fused-ring (bicyclic) bond motifs is 1. The summed E-state index contributed by atoms with van der Waals surface area (Å²) in [5, 5.41) is 6.87. The lowest BCUT2D eigenvalue weighted by Gasteiger charge is -2.17. The quantitative estimate of drug-likeness (QED) is 0.664. The van der Waals surface area contributed by atoms with Gasteiger partial charge in [0.05, 0.1) is 11.9 Å². The van der Waals surface area contributed by atoms with Gasteiger partial charge in [0.25, 0.3) is 0 Å². The van der Waals surface area contributed by atoms with Crippen molar-refractivity contribution in [1.29, 1.82) is 0 Å². The molecule has 0 aromatic carbocycles. The highest BCUT2D eigenvalue weighted by molar-refractivity contribution is 5.76. The van der Waals surface area contributed by atoms with Crippen molar-refractivity contribution in [3.8, 4) is 0 Å². The van der Waals surface area contributed by atoms with Gasteiger partial charge in [-0.2, -0.15) is 5.10 Å². The second kappa shape index (κ2) is 2.52. The van der Waals surface area contributed by atoms with Crippen LogP contribution in [0.3, 0.4) is 0 Å². The van der Waals surface area contributed by atoms with E-state index in [0.29, 0.717) is 0 Å². The summed E-state index contributed by atoms with van der Waals surface area (Å²) >= 11 is 0. The molecular formula is C9H12N4. The third kappa shape index (κ3) is 1.28. The van der Waals surface area contributed by atoms with Gasteiger partial charge in [-0.1, -0.05) is 20.8 Å². The van der Waals surface area contributed by atoms with Crippen molar-refractivity contribution in [3.05, 3.63) is 18.2 Å². The summed E-state index contributed by atoms with van der Waals surface area (Å²) in [7, 11) is 0. The van der Waals surface area contributed by atoms with Gasteiger partial charge in [-0.05, 0) is 0 Å². The zero-order chi connectivity index (χ0) is 9.47. The van der Waals surface area contributed by atoms with Gasteiger partial charge in [0.15, 0.2) is 0 Å². The molecule has 1 N–H and O–H groups in total. The van der Waals surface area contributed by atoms with Gasteiger partial charge in [-0.15, -0.1) is 0 Å². The lowest BCUT2D eigenvalue weighted by atomic mass is 9.91. The van der Waals surface area contributed by atoms with Gasteiger partial charge in [-0.25, -0.2) is 9.97 Å². The van der Waals surface area contributed by atoms with E-state index in [1.165, 1.54) is 0 Å². The first kappa shape index (κ1) is 8.16. The SMILES string of the molecule is CC(C)(C)c1ncnc2cn[nH]c12. The van der Waals surface area contributed by atoms with Crippen molar-refractivity contribution in [3.63, 3.8) is 0 Å². The van der Waals surface area contributed by atoms with E-state index in [1.807, 2.05) is 0 Å². The number of hydrogen-bond acceptors (Lipinski definition) is 3. The zero-order valence-electron chi connectivity index (χ0n) is 8.00. The molecule has 0 fully saturated rings. The first-order chi connectivity index (χ1) is 6.09. The van der Waals surface area contributed by atoms with Crippen molar-refractivity contribution in [2.24, 2.45) is 0 Å². The average molecular weight is 176 g/mol. The Balaban J connectivity index is 2.75. The second-order valence-electron chi connectivity index (χ2n) is 4.10. The summed E-state index contributed by atoms with van der Waals surface area (Å²) in [6.07, 6.45) is 3.30. The van der Waals surface area contributed by atoms with Crippen molar-refractivity contribution >= 4 is 11.0 Å². The van der Waals surface area contributed by atoms with Crippen molar-refractivity contribution in [2.45, 2.75) is 26.2 Å². The van der Waals surface area contributed by atoms with Gasteiger partial charge >= 0.3 is 0 Å². The number of nitrogens with zero attached hydrogens (tertiary/aromatic N) is 3. The van der Waals surface area contributed by atoms with Crippen LogP contribution in [0, 0.1) is 0 Å². The number of rotatable bonds is 0. The maximum atomic E-state index is 4.27. The Labute approximate surface area is 76.4 Å². The van der Waals surface area contributed by atoms with Crippen LogP contribution in [0.4, 0.5) is 0 Å². The Kier molecular flexibility index (Phi) is 1.58. The summed E-state index contributed by atoms with van der Waals surface area (Å²) in [5.74, 6) is 0. The predicted octanol–water partition coefficient (Wildman–Crippen LogP) is 1.65.